The molecule has 0 saturated carbocycles. The minimum atomic E-state index is -0.00694. The van der Waals surface area contributed by atoms with Crippen LogP contribution >= 0.6 is 0 Å². The summed E-state index contributed by atoms with van der Waals surface area (Å²) in [6.45, 7) is 4.95. The van der Waals surface area contributed by atoms with Crippen molar-refractivity contribution in [1.82, 2.24) is 4.90 Å². The number of likely N-dealkylation sites (tertiary alicyclic amines) is 1. The smallest absolute Gasteiger partial charge is 0.467 e. The van der Waals surface area contributed by atoms with Crippen molar-refractivity contribution in [2.75, 3.05) is 13.6 Å². The Bertz CT molecular complexity index is 275. The van der Waals surface area contributed by atoms with Crippen LogP contribution in [0.15, 0.2) is 22.8 Å². The van der Waals surface area contributed by atoms with Crippen molar-refractivity contribution in [2.45, 2.75) is 33.3 Å². The molecule has 0 aliphatic carbocycles. The van der Waals surface area contributed by atoms with Gasteiger partial charge in [0.1, 0.15) is 12.4 Å². The highest BCUT2D eigenvalue weighted by atomic mass is 16.4. The van der Waals surface area contributed by atoms with Gasteiger partial charge in [0.2, 0.25) is 5.91 Å². The van der Waals surface area contributed by atoms with Gasteiger partial charge >= 0.3 is 1.43 Å². The summed E-state index contributed by atoms with van der Waals surface area (Å²) in [5.41, 5.74) is 0. The Morgan fingerprint density at radius 2 is 2.25 bits per heavy atom. The fourth-order valence-electron chi connectivity index (χ4n) is 1.19. The Balaban J connectivity index is 0. The van der Waals surface area contributed by atoms with Crippen molar-refractivity contribution < 1.29 is 15.7 Å². The molecule has 1 fully saturated rings. The number of hydrogen-bond donors (Lipinski definition) is 1. The first-order valence-corrected chi connectivity index (χ1v) is 5.61. The molecule has 2 heterocycles. The molecule has 92 valence electrons. The van der Waals surface area contributed by atoms with E-state index in [1.165, 1.54) is 6.26 Å². The molecule has 2 rings (SSSR count). The molecule has 0 bridgehead atoms. The lowest BCUT2D eigenvalue weighted by atomic mass is 10.4. The molecular formula is C12H22NO3+. The van der Waals surface area contributed by atoms with Gasteiger partial charge in [-0.2, -0.15) is 0 Å². The topological polar surface area (TPSA) is 53.7 Å². The van der Waals surface area contributed by atoms with Crippen molar-refractivity contribution in [3.8, 4) is 0 Å². The molecule has 0 atom stereocenters. The first-order chi connectivity index (χ1) is 7.74. The maximum Gasteiger partial charge on any atom is 1.00 e. The number of rotatable bonds is 1. The van der Waals surface area contributed by atoms with E-state index in [-0.39, 0.29) is 8.03 Å². The van der Waals surface area contributed by atoms with Crippen molar-refractivity contribution >= 4 is 5.91 Å². The fraction of sp³-hybridized carbons (Fsp3) is 0.583. The molecular weight excluding hydrogens is 206 g/mol. The number of nitrogens with zero attached hydrogens (tertiary/aromatic N) is 1. The van der Waals surface area contributed by atoms with Crippen molar-refractivity contribution in [1.29, 1.82) is 0 Å². The number of amides is 1. The van der Waals surface area contributed by atoms with E-state index in [9.17, 15) is 4.79 Å². The normalized spacial score (nSPS) is 13.8. The van der Waals surface area contributed by atoms with Gasteiger partial charge in [-0.1, -0.05) is 13.8 Å². The third kappa shape index (κ3) is 5.56. The van der Waals surface area contributed by atoms with E-state index in [2.05, 4.69) is 0 Å². The SMILES string of the molecule is CC.CN1CCCC1=O.OCc1ccco1.[H+]. The maximum atomic E-state index is 10.5. The highest BCUT2D eigenvalue weighted by Gasteiger charge is 2.14. The molecule has 1 amide bonds. The van der Waals surface area contributed by atoms with E-state index < -0.39 is 0 Å². The van der Waals surface area contributed by atoms with Crippen LogP contribution < -0.4 is 0 Å². The second kappa shape index (κ2) is 8.97. The first-order valence-electron chi connectivity index (χ1n) is 5.61. The molecule has 1 aromatic rings. The van der Waals surface area contributed by atoms with Crippen LogP contribution in [0.1, 0.15) is 33.9 Å². The van der Waals surface area contributed by atoms with Crippen LogP contribution in [0.3, 0.4) is 0 Å². The van der Waals surface area contributed by atoms with Crippen LogP contribution in [0.2, 0.25) is 0 Å². The summed E-state index contributed by atoms with van der Waals surface area (Å²) < 4.78 is 4.73. The zero-order chi connectivity index (χ0) is 12.4. The number of carbonyl (C=O) groups is 1. The molecule has 1 aromatic heterocycles. The molecule has 1 aliphatic heterocycles. The van der Waals surface area contributed by atoms with Gasteiger partial charge in [0, 0.05) is 20.0 Å². The third-order valence-electron chi connectivity index (χ3n) is 2.05. The highest BCUT2D eigenvalue weighted by Crippen LogP contribution is 2.04. The van der Waals surface area contributed by atoms with Gasteiger partial charge in [-0.25, -0.2) is 0 Å². The quantitative estimate of drug-likeness (QED) is 0.801. The van der Waals surface area contributed by atoms with Crippen LogP contribution in [0.25, 0.3) is 0 Å². The van der Waals surface area contributed by atoms with Crippen LogP contribution in [0.5, 0.6) is 0 Å². The van der Waals surface area contributed by atoms with Gasteiger partial charge in [-0.3, -0.25) is 4.79 Å². The minimum absolute atomic E-state index is 0. The monoisotopic (exact) mass is 228 g/mol. The van der Waals surface area contributed by atoms with E-state index in [1.54, 1.807) is 17.0 Å². The molecule has 0 unspecified atom stereocenters. The lowest BCUT2D eigenvalue weighted by Gasteiger charge is -2.03. The fourth-order valence-corrected chi connectivity index (χ4v) is 1.19. The van der Waals surface area contributed by atoms with Crippen LogP contribution in [0, 0.1) is 0 Å². The molecule has 1 aliphatic rings. The first kappa shape index (κ1) is 14.7. The van der Waals surface area contributed by atoms with Gasteiger partial charge in [0.25, 0.3) is 0 Å². The Hall–Kier alpha value is -1.29. The molecule has 1 N–H and O–H groups in total. The summed E-state index contributed by atoms with van der Waals surface area (Å²) in [4.78, 5) is 12.3. The van der Waals surface area contributed by atoms with Gasteiger partial charge in [-0.15, -0.1) is 0 Å². The van der Waals surface area contributed by atoms with E-state index in [1.807, 2.05) is 20.9 Å². The van der Waals surface area contributed by atoms with Gasteiger partial charge < -0.3 is 14.4 Å². The zero-order valence-electron chi connectivity index (χ0n) is 11.3. The van der Waals surface area contributed by atoms with Crippen molar-refractivity contribution in [2.24, 2.45) is 0 Å². The van der Waals surface area contributed by atoms with E-state index in [0.717, 1.165) is 19.4 Å². The summed E-state index contributed by atoms with van der Waals surface area (Å²) >= 11 is 0. The molecule has 0 spiro atoms. The Kier molecular flexibility index (Phi) is 8.25. The molecule has 4 nitrogen and oxygen atoms in total. The van der Waals surface area contributed by atoms with Crippen LogP contribution in [-0.4, -0.2) is 29.5 Å². The van der Waals surface area contributed by atoms with E-state index in [0.29, 0.717) is 11.7 Å². The summed E-state index contributed by atoms with van der Waals surface area (Å²) in [5.74, 6) is 0.903. The zero-order valence-corrected chi connectivity index (χ0v) is 10.3. The Morgan fingerprint density at radius 1 is 1.56 bits per heavy atom. The van der Waals surface area contributed by atoms with Gasteiger partial charge in [-0.05, 0) is 18.6 Å². The van der Waals surface area contributed by atoms with Crippen LogP contribution in [0.4, 0.5) is 0 Å². The summed E-state index contributed by atoms with van der Waals surface area (Å²) in [6, 6.07) is 3.46. The average Bonchev–Trinajstić information content (AvgIpc) is 2.95. The third-order valence-corrected chi connectivity index (χ3v) is 2.05. The van der Waals surface area contributed by atoms with E-state index >= 15 is 0 Å². The van der Waals surface area contributed by atoms with Crippen LogP contribution in [-0.2, 0) is 11.4 Å². The lowest BCUT2D eigenvalue weighted by Crippen LogP contribution is -2.17. The molecule has 0 aromatic carbocycles. The molecule has 16 heavy (non-hydrogen) atoms. The molecule has 0 radical (unpaired) electrons. The lowest BCUT2D eigenvalue weighted by molar-refractivity contribution is -0.126. The van der Waals surface area contributed by atoms with Crippen molar-refractivity contribution in [3.63, 3.8) is 0 Å². The van der Waals surface area contributed by atoms with Gasteiger partial charge in [0.05, 0.1) is 6.26 Å². The molecule has 4 heteroatoms. The largest absolute Gasteiger partial charge is 1.00 e. The Labute approximate surface area is 98.4 Å². The van der Waals surface area contributed by atoms with Crippen molar-refractivity contribution in [3.05, 3.63) is 24.2 Å². The summed E-state index contributed by atoms with van der Waals surface area (Å²) in [6.07, 6.45) is 3.34. The molecule has 1 saturated heterocycles. The number of carbonyl (C=O) groups excluding carboxylic acids is 1. The van der Waals surface area contributed by atoms with Gasteiger partial charge in [0.15, 0.2) is 0 Å². The summed E-state index contributed by atoms with van der Waals surface area (Å²) in [7, 11) is 1.84. The second-order valence-electron chi connectivity index (χ2n) is 3.16. The van der Waals surface area contributed by atoms with E-state index in [4.69, 9.17) is 9.52 Å². The standard InChI is InChI=1S/C5H9NO.C5H6O2.C2H6/c1-6-4-2-3-5(6)7;6-4-5-2-1-3-7-5;1-2/h2-4H2,1H3;1-3,6H,4H2;1-2H3/p+1. The number of hydrogen-bond acceptors (Lipinski definition) is 3. The second-order valence-corrected chi connectivity index (χ2v) is 3.16. The number of aliphatic hydroxyl groups excluding tert-OH is 1. The number of aliphatic hydroxyl groups is 1. The summed E-state index contributed by atoms with van der Waals surface area (Å²) in [5, 5.41) is 8.33. The Morgan fingerprint density at radius 3 is 2.44 bits per heavy atom. The average molecular weight is 228 g/mol. The minimum Gasteiger partial charge on any atom is -0.467 e. The predicted molar refractivity (Wildman–Crippen MR) is 64.0 cm³/mol. The maximum absolute atomic E-state index is 10.5. The predicted octanol–water partition coefficient (Wildman–Crippen LogP) is 2.15. The highest BCUT2D eigenvalue weighted by molar-refractivity contribution is 5.77. The number of furan rings is 1.